The van der Waals surface area contributed by atoms with E-state index in [0.29, 0.717) is 51.0 Å². The molecule has 18 N–H and O–H groups in total. The van der Waals surface area contributed by atoms with Gasteiger partial charge in [0.1, 0.15) is 110 Å². The van der Waals surface area contributed by atoms with Crippen LogP contribution in [0.1, 0.15) is 36.0 Å². The molecule has 30 nitrogen and oxygen atoms in total. The quantitative estimate of drug-likeness (QED) is 0.0242. The Kier molecular flexibility index (Phi) is 28.7. The van der Waals surface area contributed by atoms with Crippen LogP contribution in [0.4, 0.5) is 31.4 Å². The molecule has 3 heterocycles. The Morgan fingerprint density at radius 3 is 0.822 bits per heavy atom. The van der Waals surface area contributed by atoms with Gasteiger partial charge in [0.15, 0.2) is 0 Å². The first-order chi connectivity index (χ1) is 43.4. The highest BCUT2D eigenvalue weighted by Gasteiger charge is 2.45. The fourth-order valence-corrected chi connectivity index (χ4v) is 9.93. The van der Waals surface area contributed by atoms with E-state index in [-0.39, 0.29) is 98.4 Å². The first kappa shape index (κ1) is 70.8. The molecule has 0 saturated carbocycles. The fraction of sp³-hybridized carbons (Fsp3) is 0.550. The van der Waals surface area contributed by atoms with E-state index in [1.54, 1.807) is 91.0 Å². The molecule has 0 spiro atoms. The van der Waals surface area contributed by atoms with Crippen molar-refractivity contribution in [3.8, 4) is 17.2 Å². The van der Waals surface area contributed by atoms with Crippen LogP contribution in [0.3, 0.4) is 0 Å². The summed E-state index contributed by atoms with van der Waals surface area (Å²) in [5.74, 6) is 1.49. The first-order valence-electron chi connectivity index (χ1n) is 29.5. The standard InChI is InChI=1S/C60H84N6O24/c67-31-46-52(73)55(76)49(70)43(88-46)13-16-82-19-22-85-40-7-1-37(2-8-40)64-58(79)61-28-34-25-35(29-62-59(80)65-38-3-9-41(10-4-38)86-23-20-83-17-14-44-50(71)56(77)53(74)47(32-68)89-44)27-36(26-34)30-63-60(81)66-39-5-11-42(12-6-39)87-24-21-84-18-15-45-51(72)57(78)54(75)48(33-69)90-45/h1-12,25-27,43-57,67-78H,13-24,28-33H2,(H2,61,64,79)(H2,62,65,80)(H2,63,66,81)/t43-,44-,45-,46+,47+,48+,49-,50-,51-,52+,53+,54+,55+,56+,57+/m0/s1. The van der Waals surface area contributed by atoms with Gasteiger partial charge >= 0.3 is 18.1 Å². The number of rotatable bonds is 33. The second kappa shape index (κ2) is 36.4. The summed E-state index contributed by atoms with van der Waals surface area (Å²) >= 11 is 0. The lowest BCUT2D eigenvalue weighted by Gasteiger charge is -2.40. The average molecular weight is 1270 g/mol. The number of amides is 6. The number of nitrogens with one attached hydrogen (secondary N) is 6. The lowest BCUT2D eigenvalue weighted by Crippen LogP contribution is -2.58. The summed E-state index contributed by atoms with van der Waals surface area (Å²) in [5, 5.41) is 136. The molecule has 3 fully saturated rings. The Labute approximate surface area is 518 Å². The topological polar surface area (TPSA) is 449 Å². The molecule has 30 heteroatoms. The van der Waals surface area contributed by atoms with E-state index in [2.05, 4.69) is 31.9 Å². The summed E-state index contributed by atoms with van der Waals surface area (Å²) in [6.07, 6.45) is -17.6. The van der Waals surface area contributed by atoms with Gasteiger partial charge in [0.25, 0.3) is 0 Å². The van der Waals surface area contributed by atoms with Gasteiger partial charge in [-0.2, -0.15) is 0 Å². The van der Waals surface area contributed by atoms with Gasteiger partial charge in [-0.1, -0.05) is 18.2 Å². The van der Waals surface area contributed by atoms with Crippen LogP contribution >= 0.6 is 0 Å². The Morgan fingerprint density at radius 2 is 0.578 bits per heavy atom. The summed E-state index contributed by atoms with van der Waals surface area (Å²) in [4.78, 5) is 39.5. The minimum Gasteiger partial charge on any atom is -0.491 e. The van der Waals surface area contributed by atoms with Gasteiger partial charge in [-0.25, -0.2) is 14.4 Å². The predicted molar refractivity (Wildman–Crippen MR) is 317 cm³/mol. The predicted octanol–water partition coefficient (Wildman–Crippen LogP) is -1.46. The van der Waals surface area contributed by atoms with Crippen molar-refractivity contribution in [1.82, 2.24) is 16.0 Å². The number of aliphatic hydroxyl groups excluding tert-OH is 12. The molecule has 0 unspecified atom stereocenters. The average Bonchev–Trinajstić information content (AvgIpc) is 2.68. The molecule has 4 aromatic rings. The molecule has 4 aromatic carbocycles. The second-order valence-corrected chi connectivity index (χ2v) is 21.5. The molecule has 0 aliphatic carbocycles. The molecule has 15 atom stereocenters. The van der Waals surface area contributed by atoms with Crippen LogP contribution in [0.25, 0.3) is 0 Å². The Bertz CT molecular complexity index is 2470. The number of hydrogen-bond acceptors (Lipinski definition) is 24. The third-order valence-electron chi connectivity index (χ3n) is 14.9. The molecule has 0 aromatic heterocycles. The van der Waals surface area contributed by atoms with Crippen LogP contribution in [0, 0.1) is 0 Å². The number of carbonyl (C=O) groups is 3. The molecular weight excluding hydrogens is 1190 g/mol. The maximum absolute atomic E-state index is 13.2. The molecular formula is C60H84N6O24. The molecule has 0 radical (unpaired) electrons. The van der Waals surface area contributed by atoms with E-state index in [4.69, 9.17) is 42.6 Å². The highest BCUT2D eigenvalue weighted by atomic mass is 16.6. The number of ether oxygens (including phenoxy) is 9. The number of benzene rings is 4. The maximum Gasteiger partial charge on any atom is 0.319 e. The maximum atomic E-state index is 13.2. The Balaban J connectivity index is 0.850. The van der Waals surface area contributed by atoms with Gasteiger partial charge in [-0.05, 0) is 109 Å². The van der Waals surface area contributed by atoms with E-state index >= 15 is 0 Å². The first-order valence-corrected chi connectivity index (χ1v) is 29.5. The molecule has 498 valence electrons. The monoisotopic (exact) mass is 1270 g/mol. The number of anilines is 3. The van der Waals surface area contributed by atoms with Gasteiger partial charge < -0.3 is 136 Å². The number of aliphatic hydroxyl groups is 12. The fourth-order valence-electron chi connectivity index (χ4n) is 9.93. The van der Waals surface area contributed by atoms with Gasteiger partial charge in [0.05, 0.1) is 58.0 Å². The third kappa shape index (κ3) is 21.8. The van der Waals surface area contributed by atoms with Crippen molar-refractivity contribution < 1.29 is 118 Å². The van der Waals surface area contributed by atoms with Gasteiger partial charge in [-0.15, -0.1) is 0 Å². The second-order valence-electron chi connectivity index (χ2n) is 21.5. The van der Waals surface area contributed by atoms with E-state index in [1.165, 1.54) is 0 Å². The third-order valence-corrected chi connectivity index (χ3v) is 14.9. The number of carbonyl (C=O) groups excluding carboxylic acids is 3. The van der Waals surface area contributed by atoms with E-state index in [9.17, 15) is 75.7 Å². The molecule has 3 aliphatic heterocycles. The Morgan fingerprint density at radius 1 is 0.333 bits per heavy atom. The minimum atomic E-state index is -1.46. The zero-order valence-corrected chi connectivity index (χ0v) is 49.3. The number of urea groups is 3. The zero-order valence-electron chi connectivity index (χ0n) is 49.3. The van der Waals surface area contributed by atoms with Crippen LogP contribution in [0.15, 0.2) is 91.0 Å². The van der Waals surface area contributed by atoms with Gasteiger partial charge in [0, 0.05) is 56.5 Å². The van der Waals surface area contributed by atoms with Crippen LogP contribution < -0.4 is 46.1 Å². The van der Waals surface area contributed by atoms with Crippen molar-refractivity contribution >= 4 is 35.2 Å². The van der Waals surface area contributed by atoms with Crippen molar-refractivity contribution in [2.24, 2.45) is 0 Å². The SMILES string of the molecule is O=C(NCc1cc(CNC(=O)Nc2ccc(OCCOCC[C@@H]3O[C@H](CO)[C@@H](O)[C@H](O)[C@H]3O)cc2)cc(CNC(=O)Nc2ccc(OCCOCC[C@@H]3O[C@H](CO)[C@@H](O)[C@H](O)[C@H]3O)cc2)c1)Nc1ccc(OCCOCC[C@@H]2O[C@H](CO)[C@@H](O)[C@H](O)[C@H]2O)cc1. The summed E-state index contributed by atoms with van der Waals surface area (Å²) in [7, 11) is 0. The molecule has 3 aliphatic rings. The molecule has 3 saturated heterocycles. The summed E-state index contributed by atoms with van der Waals surface area (Å²) in [6.45, 7) is 0.118. The highest BCUT2D eigenvalue weighted by molar-refractivity contribution is 5.90. The molecule has 0 bridgehead atoms. The highest BCUT2D eigenvalue weighted by Crippen LogP contribution is 2.27. The Hall–Kier alpha value is -6.63. The summed E-state index contributed by atoms with van der Waals surface area (Å²) < 4.78 is 50.5. The van der Waals surface area contributed by atoms with Crippen molar-refractivity contribution in [1.29, 1.82) is 0 Å². The van der Waals surface area contributed by atoms with E-state index in [0.717, 1.165) is 0 Å². The van der Waals surface area contributed by atoms with Crippen LogP contribution in [0.5, 0.6) is 17.2 Å². The van der Waals surface area contributed by atoms with Crippen molar-refractivity contribution in [3.63, 3.8) is 0 Å². The smallest absolute Gasteiger partial charge is 0.319 e. The molecule has 6 amide bonds. The van der Waals surface area contributed by atoms with Crippen LogP contribution in [-0.2, 0) is 48.1 Å². The van der Waals surface area contributed by atoms with E-state index < -0.39 is 129 Å². The van der Waals surface area contributed by atoms with Gasteiger partial charge in [-0.3, -0.25) is 0 Å². The minimum absolute atomic E-state index is 0.0496. The van der Waals surface area contributed by atoms with Gasteiger partial charge in [0.2, 0.25) is 0 Å². The van der Waals surface area contributed by atoms with Crippen LogP contribution in [-0.4, -0.2) is 250 Å². The van der Waals surface area contributed by atoms with Crippen molar-refractivity contribution in [2.75, 3.05) is 95.2 Å². The largest absolute Gasteiger partial charge is 0.491 e. The summed E-state index contributed by atoms with van der Waals surface area (Å²) in [5.41, 5.74) is 3.32. The van der Waals surface area contributed by atoms with Crippen molar-refractivity contribution in [2.45, 2.75) is 130 Å². The lowest BCUT2D eigenvalue weighted by molar-refractivity contribution is -0.232. The van der Waals surface area contributed by atoms with Crippen molar-refractivity contribution in [3.05, 3.63) is 108 Å². The lowest BCUT2D eigenvalue weighted by atomic mass is 9.94. The molecule has 90 heavy (non-hydrogen) atoms. The normalized spacial score (nSPS) is 26.6. The summed E-state index contributed by atoms with van der Waals surface area (Å²) in [6, 6.07) is 23.6. The molecule has 7 rings (SSSR count). The van der Waals surface area contributed by atoms with E-state index in [1.807, 2.05) is 0 Å². The zero-order chi connectivity index (χ0) is 64.5. The number of hydrogen-bond donors (Lipinski definition) is 18. The van der Waals surface area contributed by atoms with Crippen LogP contribution in [0.2, 0.25) is 0 Å².